The molecule has 0 saturated carbocycles. The fourth-order valence-electron chi connectivity index (χ4n) is 2.67. The summed E-state index contributed by atoms with van der Waals surface area (Å²) in [6, 6.07) is 14.4. The third kappa shape index (κ3) is 2.44. The minimum atomic E-state index is -0.194. The number of carbonyl (C=O) groups is 1. The number of carbonyl (C=O) groups excluding carboxylic acids is 1. The van der Waals surface area contributed by atoms with E-state index in [1.807, 2.05) is 30.3 Å². The van der Waals surface area contributed by atoms with Gasteiger partial charge in [-0.15, -0.1) is 0 Å². The number of benzene rings is 2. The van der Waals surface area contributed by atoms with Crippen LogP contribution >= 0.6 is 0 Å². The maximum atomic E-state index is 13.8. The van der Waals surface area contributed by atoms with Gasteiger partial charge in [0.2, 0.25) is 0 Å². The van der Waals surface area contributed by atoms with Crippen LogP contribution in [0.15, 0.2) is 48.5 Å². The predicted octanol–water partition coefficient (Wildman–Crippen LogP) is 3.81. The second-order valence-electron chi connectivity index (χ2n) is 5.06. The second kappa shape index (κ2) is 5.45. The van der Waals surface area contributed by atoms with Crippen LogP contribution in [0.5, 0.6) is 0 Å². The van der Waals surface area contributed by atoms with E-state index in [9.17, 15) is 9.18 Å². The zero-order valence-electron chi connectivity index (χ0n) is 11.2. The molecular weight excluding hydrogens is 253 g/mol. The zero-order valence-corrected chi connectivity index (χ0v) is 11.2. The molecule has 1 aliphatic rings. The molecule has 20 heavy (non-hydrogen) atoms. The number of hydrogen-bond donors (Lipinski definition) is 0. The summed E-state index contributed by atoms with van der Waals surface area (Å²) in [4.78, 5) is 14.2. The Morgan fingerprint density at radius 1 is 1.05 bits per heavy atom. The minimum Gasteiger partial charge on any atom is -0.366 e. The van der Waals surface area contributed by atoms with Gasteiger partial charge < -0.3 is 4.90 Å². The smallest absolute Gasteiger partial charge is 0.165 e. The summed E-state index contributed by atoms with van der Waals surface area (Å²) in [6.07, 6.45) is 1.37. The van der Waals surface area contributed by atoms with E-state index in [0.29, 0.717) is 18.5 Å². The summed E-state index contributed by atoms with van der Waals surface area (Å²) in [6.45, 7) is 1.27. The van der Waals surface area contributed by atoms with Gasteiger partial charge in [0.05, 0.1) is 0 Å². The SMILES string of the molecule is O=C1CCCN(Cc2ccccc2F)c2ccccc21. The number of para-hydroxylation sites is 1. The molecule has 0 aromatic heterocycles. The molecule has 0 saturated heterocycles. The van der Waals surface area contributed by atoms with E-state index in [-0.39, 0.29) is 11.6 Å². The van der Waals surface area contributed by atoms with Crippen LogP contribution < -0.4 is 4.90 Å². The minimum absolute atomic E-state index is 0.177. The molecule has 0 fully saturated rings. The molecule has 1 aliphatic heterocycles. The Labute approximate surface area is 117 Å². The lowest BCUT2D eigenvalue weighted by Crippen LogP contribution is -2.24. The lowest BCUT2D eigenvalue weighted by molar-refractivity contribution is 0.0984. The van der Waals surface area contributed by atoms with Crippen molar-refractivity contribution in [2.24, 2.45) is 0 Å². The van der Waals surface area contributed by atoms with Crippen molar-refractivity contribution >= 4 is 11.5 Å². The summed E-state index contributed by atoms with van der Waals surface area (Å²) < 4.78 is 13.8. The van der Waals surface area contributed by atoms with E-state index in [4.69, 9.17) is 0 Å². The summed E-state index contributed by atoms with van der Waals surface area (Å²) in [7, 11) is 0. The summed E-state index contributed by atoms with van der Waals surface area (Å²) >= 11 is 0. The molecule has 0 spiro atoms. The number of rotatable bonds is 2. The molecule has 0 amide bonds. The fraction of sp³-hybridized carbons (Fsp3) is 0.235. The van der Waals surface area contributed by atoms with Crippen LogP contribution in [0, 0.1) is 5.82 Å². The van der Waals surface area contributed by atoms with Crippen molar-refractivity contribution in [3.05, 3.63) is 65.5 Å². The van der Waals surface area contributed by atoms with Gasteiger partial charge in [0.1, 0.15) is 5.82 Å². The van der Waals surface area contributed by atoms with Crippen molar-refractivity contribution in [3.63, 3.8) is 0 Å². The van der Waals surface area contributed by atoms with Gasteiger partial charge in [-0.2, -0.15) is 0 Å². The monoisotopic (exact) mass is 269 g/mol. The summed E-state index contributed by atoms with van der Waals surface area (Å²) in [5.41, 5.74) is 2.33. The Morgan fingerprint density at radius 3 is 2.65 bits per heavy atom. The van der Waals surface area contributed by atoms with Gasteiger partial charge >= 0.3 is 0 Å². The van der Waals surface area contributed by atoms with Crippen LogP contribution in [-0.2, 0) is 6.54 Å². The quantitative estimate of drug-likeness (QED) is 0.826. The van der Waals surface area contributed by atoms with E-state index >= 15 is 0 Å². The van der Waals surface area contributed by atoms with Gasteiger partial charge in [0.15, 0.2) is 5.78 Å². The van der Waals surface area contributed by atoms with Crippen molar-refractivity contribution in [2.75, 3.05) is 11.4 Å². The van der Waals surface area contributed by atoms with E-state index in [0.717, 1.165) is 24.2 Å². The molecule has 2 nitrogen and oxygen atoms in total. The van der Waals surface area contributed by atoms with Gasteiger partial charge in [0.25, 0.3) is 0 Å². The Morgan fingerprint density at radius 2 is 1.80 bits per heavy atom. The third-order valence-electron chi connectivity index (χ3n) is 3.70. The molecule has 0 atom stereocenters. The zero-order chi connectivity index (χ0) is 13.9. The molecule has 3 heteroatoms. The van der Waals surface area contributed by atoms with Crippen LogP contribution in [0.3, 0.4) is 0 Å². The molecule has 1 heterocycles. The number of halogens is 1. The first-order chi connectivity index (χ1) is 9.75. The maximum Gasteiger partial charge on any atom is 0.165 e. The lowest BCUT2D eigenvalue weighted by atomic mass is 10.1. The average Bonchev–Trinajstić information content (AvgIpc) is 2.62. The highest BCUT2D eigenvalue weighted by Gasteiger charge is 2.20. The lowest BCUT2D eigenvalue weighted by Gasteiger charge is -2.24. The van der Waals surface area contributed by atoms with Gasteiger partial charge in [-0.1, -0.05) is 30.3 Å². The highest BCUT2D eigenvalue weighted by Crippen LogP contribution is 2.27. The highest BCUT2D eigenvalue weighted by molar-refractivity contribution is 6.01. The largest absolute Gasteiger partial charge is 0.366 e. The molecule has 0 unspecified atom stereocenters. The van der Waals surface area contributed by atoms with Crippen molar-refractivity contribution in [1.29, 1.82) is 0 Å². The van der Waals surface area contributed by atoms with Gasteiger partial charge in [-0.3, -0.25) is 4.79 Å². The molecule has 0 bridgehead atoms. The molecule has 2 aromatic rings. The van der Waals surface area contributed by atoms with Crippen molar-refractivity contribution in [1.82, 2.24) is 0 Å². The average molecular weight is 269 g/mol. The van der Waals surface area contributed by atoms with Crippen LogP contribution in [0.25, 0.3) is 0 Å². The van der Waals surface area contributed by atoms with Crippen LogP contribution in [0.4, 0.5) is 10.1 Å². The van der Waals surface area contributed by atoms with Crippen molar-refractivity contribution < 1.29 is 9.18 Å². The highest BCUT2D eigenvalue weighted by atomic mass is 19.1. The van der Waals surface area contributed by atoms with Crippen molar-refractivity contribution in [2.45, 2.75) is 19.4 Å². The number of ketones is 1. The molecule has 2 aromatic carbocycles. The number of anilines is 1. The van der Waals surface area contributed by atoms with Gasteiger partial charge in [-0.25, -0.2) is 4.39 Å². The standard InChI is InChI=1S/C17H16FNO/c18-15-8-3-1-6-13(15)12-19-11-5-10-17(20)14-7-2-4-9-16(14)19/h1-4,6-9H,5,10-12H2. The Bertz CT molecular complexity index is 638. The maximum absolute atomic E-state index is 13.8. The van der Waals surface area contributed by atoms with E-state index in [2.05, 4.69) is 4.90 Å². The Kier molecular flexibility index (Phi) is 3.50. The Balaban J connectivity index is 1.96. The molecule has 3 rings (SSSR count). The van der Waals surface area contributed by atoms with Gasteiger partial charge in [0, 0.05) is 36.3 Å². The van der Waals surface area contributed by atoms with Crippen molar-refractivity contribution in [3.8, 4) is 0 Å². The summed E-state index contributed by atoms with van der Waals surface area (Å²) in [5, 5.41) is 0. The number of nitrogens with zero attached hydrogens (tertiary/aromatic N) is 1. The van der Waals surface area contributed by atoms with E-state index < -0.39 is 0 Å². The molecule has 102 valence electrons. The number of fused-ring (bicyclic) bond motifs is 1. The summed E-state index contributed by atoms with van der Waals surface area (Å²) in [5.74, 6) is -0.0165. The molecule has 0 N–H and O–H groups in total. The second-order valence-corrected chi connectivity index (χ2v) is 5.06. The fourth-order valence-corrected chi connectivity index (χ4v) is 2.67. The van der Waals surface area contributed by atoms with Crippen LogP contribution in [0.2, 0.25) is 0 Å². The Hall–Kier alpha value is -2.16. The molecule has 0 radical (unpaired) electrons. The molecule has 0 aliphatic carbocycles. The third-order valence-corrected chi connectivity index (χ3v) is 3.70. The first kappa shape index (κ1) is 12.9. The number of Topliss-reactive ketones (excluding diaryl/α,β-unsaturated/α-hetero) is 1. The number of hydrogen-bond acceptors (Lipinski definition) is 2. The van der Waals surface area contributed by atoms with Crippen LogP contribution in [-0.4, -0.2) is 12.3 Å². The first-order valence-corrected chi connectivity index (χ1v) is 6.86. The topological polar surface area (TPSA) is 20.3 Å². The van der Waals surface area contributed by atoms with Gasteiger partial charge in [-0.05, 0) is 24.6 Å². The first-order valence-electron chi connectivity index (χ1n) is 6.86. The van der Waals surface area contributed by atoms with E-state index in [1.165, 1.54) is 6.07 Å². The predicted molar refractivity (Wildman–Crippen MR) is 77.5 cm³/mol. The van der Waals surface area contributed by atoms with Crippen LogP contribution in [0.1, 0.15) is 28.8 Å². The normalized spacial score (nSPS) is 14.8. The van der Waals surface area contributed by atoms with E-state index in [1.54, 1.807) is 12.1 Å². The molecular formula is C17H16FNO.